The maximum Gasteiger partial charge on any atom is 0.194 e. The van der Waals surface area contributed by atoms with Gasteiger partial charge in [0.05, 0.1) is 0 Å². The van der Waals surface area contributed by atoms with Crippen LogP contribution in [0, 0.1) is 0 Å². The van der Waals surface area contributed by atoms with E-state index < -0.39 is 0 Å². The molecule has 0 saturated heterocycles. The lowest BCUT2D eigenvalue weighted by Gasteiger charge is -2.21. The second-order valence-electron chi connectivity index (χ2n) is 5.48. The van der Waals surface area contributed by atoms with Gasteiger partial charge in [-0.3, -0.25) is 4.57 Å². The molecular formula is C18H26N6. The SMILES string of the molecule is C=CCCCN(C)C(=NCc1nncn1-c1ccccc1)NCC. The molecule has 0 unspecified atom stereocenters. The highest BCUT2D eigenvalue weighted by Crippen LogP contribution is 2.09. The predicted octanol–water partition coefficient (Wildman–Crippen LogP) is 2.63. The van der Waals surface area contributed by atoms with Crippen molar-refractivity contribution in [2.45, 2.75) is 26.3 Å². The van der Waals surface area contributed by atoms with E-state index in [0.717, 1.165) is 43.4 Å². The fraction of sp³-hybridized carbons (Fsp3) is 0.389. The normalized spacial score (nSPS) is 11.3. The summed E-state index contributed by atoms with van der Waals surface area (Å²) in [7, 11) is 2.05. The molecule has 0 bridgehead atoms. The molecule has 2 aromatic rings. The predicted molar refractivity (Wildman–Crippen MR) is 98.2 cm³/mol. The fourth-order valence-electron chi connectivity index (χ4n) is 2.36. The van der Waals surface area contributed by atoms with Crippen molar-refractivity contribution in [2.75, 3.05) is 20.1 Å². The highest BCUT2D eigenvalue weighted by molar-refractivity contribution is 5.79. The minimum absolute atomic E-state index is 0.475. The molecule has 0 aliphatic heterocycles. The summed E-state index contributed by atoms with van der Waals surface area (Å²) in [5.41, 5.74) is 1.04. The van der Waals surface area contributed by atoms with Gasteiger partial charge in [-0.25, -0.2) is 4.99 Å². The first-order chi connectivity index (χ1) is 11.8. The van der Waals surface area contributed by atoms with Gasteiger partial charge in [-0.15, -0.1) is 16.8 Å². The third kappa shape index (κ3) is 4.94. The van der Waals surface area contributed by atoms with Gasteiger partial charge in [-0.1, -0.05) is 24.3 Å². The number of allylic oxidation sites excluding steroid dienone is 1. The molecular weight excluding hydrogens is 300 g/mol. The lowest BCUT2D eigenvalue weighted by molar-refractivity contribution is 0.469. The van der Waals surface area contributed by atoms with Crippen LogP contribution in [0.15, 0.2) is 54.3 Å². The number of benzene rings is 1. The van der Waals surface area contributed by atoms with Gasteiger partial charge >= 0.3 is 0 Å². The molecule has 6 nitrogen and oxygen atoms in total. The summed E-state index contributed by atoms with van der Waals surface area (Å²) in [5.74, 6) is 1.69. The minimum atomic E-state index is 0.475. The number of nitrogens with zero attached hydrogens (tertiary/aromatic N) is 5. The zero-order chi connectivity index (χ0) is 17.2. The number of hydrogen-bond donors (Lipinski definition) is 1. The molecule has 6 heteroatoms. The average Bonchev–Trinajstić information content (AvgIpc) is 3.08. The van der Waals surface area contributed by atoms with Gasteiger partial charge in [-0.05, 0) is 31.9 Å². The zero-order valence-electron chi connectivity index (χ0n) is 14.5. The highest BCUT2D eigenvalue weighted by Gasteiger charge is 2.08. The molecule has 0 atom stereocenters. The summed E-state index contributed by atoms with van der Waals surface area (Å²) >= 11 is 0. The summed E-state index contributed by atoms with van der Waals surface area (Å²) in [6.07, 6.45) is 5.73. The van der Waals surface area contributed by atoms with Crippen molar-refractivity contribution in [3.8, 4) is 5.69 Å². The van der Waals surface area contributed by atoms with E-state index in [-0.39, 0.29) is 0 Å². The lowest BCUT2D eigenvalue weighted by atomic mass is 10.3. The second kappa shape index (κ2) is 9.50. The van der Waals surface area contributed by atoms with Crippen LogP contribution in [0.25, 0.3) is 5.69 Å². The molecule has 0 amide bonds. The zero-order valence-corrected chi connectivity index (χ0v) is 14.5. The highest BCUT2D eigenvalue weighted by atomic mass is 15.3. The van der Waals surface area contributed by atoms with Gasteiger partial charge in [0.15, 0.2) is 11.8 Å². The molecule has 128 valence electrons. The van der Waals surface area contributed by atoms with E-state index >= 15 is 0 Å². The van der Waals surface area contributed by atoms with E-state index in [1.807, 2.05) is 48.0 Å². The topological polar surface area (TPSA) is 58.3 Å². The Bertz CT molecular complexity index is 647. The number of hydrogen-bond acceptors (Lipinski definition) is 3. The standard InChI is InChI=1S/C18H26N6/c1-4-6-10-13-23(3)18(19-5-2)20-14-17-22-21-15-24(17)16-11-8-7-9-12-16/h4,7-9,11-12,15H,1,5-6,10,13-14H2,2-3H3,(H,19,20). The van der Waals surface area contributed by atoms with Crippen molar-refractivity contribution in [3.63, 3.8) is 0 Å². The van der Waals surface area contributed by atoms with E-state index in [2.05, 4.69) is 33.9 Å². The van der Waals surface area contributed by atoms with Crippen molar-refractivity contribution in [3.05, 3.63) is 55.1 Å². The number of para-hydroxylation sites is 1. The first kappa shape index (κ1) is 17.7. The van der Waals surface area contributed by atoms with E-state index in [1.54, 1.807) is 6.33 Å². The quantitative estimate of drug-likeness (QED) is 0.351. The maximum atomic E-state index is 4.70. The van der Waals surface area contributed by atoms with Crippen LogP contribution in [-0.2, 0) is 6.54 Å². The van der Waals surface area contributed by atoms with E-state index in [9.17, 15) is 0 Å². The van der Waals surface area contributed by atoms with Crippen LogP contribution in [0.3, 0.4) is 0 Å². The number of nitrogens with one attached hydrogen (secondary N) is 1. The van der Waals surface area contributed by atoms with Crippen LogP contribution in [0.2, 0.25) is 0 Å². The first-order valence-corrected chi connectivity index (χ1v) is 8.31. The van der Waals surface area contributed by atoms with Gasteiger partial charge in [0.2, 0.25) is 0 Å². The maximum absolute atomic E-state index is 4.70. The molecule has 0 spiro atoms. The molecule has 1 heterocycles. The number of guanidine groups is 1. The van der Waals surface area contributed by atoms with Crippen molar-refractivity contribution in [1.82, 2.24) is 25.0 Å². The first-order valence-electron chi connectivity index (χ1n) is 8.31. The Morgan fingerprint density at radius 3 is 2.88 bits per heavy atom. The van der Waals surface area contributed by atoms with E-state index in [4.69, 9.17) is 4.99 Å². The van der Waals surface area contributed by atoms with Crippen LogP contribution < -0.4 is 5.32 Å². The molecule has 1 aromatic carbocycles. The molecule has 24 heavy (non-hydrogen) atoms. The van der Waals surface area contributed by atoms with Crippen LogP contribution in [0.1, 0.15) is 25.6 Å². The lowest BCUT2D eigenvalue weighted by Crippen LogP contribution is -2.39. The molecule has 0 aliphatic carbocycles. The summed E-state index contributed by atoms with van der Waals surface area (Å²) in [4.78, 5) is 6.84. The van der Waals surface area contributed by atoms with Crippen LogP contribution in [0.5, 0.6) is 0 Å². The Labute approximate surface area is 143 Å². The van der Waals surface area contributed by atoms with Crippen molar-refractivity contribution >= 4 is 5.96 Å². The Morgan fingerprint density at radius 2 is 2.17 bits per heavy atom. The Hall–Kier alpha value is -2.63. The van der Waals surface area contributed by atoms with Gasteiger partial charge in [-0.2, -0.15) is 0 Å². The molecule has 0 radical (unpaired) electrons. The Kier molecular flexibility index (Phi) is 7.01. The van der Waals surface area contributed by atoms with Crippen LogP contribution in [0.4, 0.5) is 0 Å². The number of rotatable bonds is 8. The van der Waals surface area contributed by atoms with Gasteiger partial charge < -0.3 is 10.2 Å². The third-order valence-corrected chi connectivity index (χ3v) is 3.62. The van der Waals surface area contributed by atoms with Gasteiger partial charge in [0.1, 0.15) is 12.9 Å². The van der Waals surface area contributed by atoms with E-state index in [0.29, 0.717) is 6.54 Å². The summed E-state index contributed by atoms with van der Waals surface area (Å²) in [5, 5.41) is 11.6. The van der Waals surface area contributed by atoms with Gasteiger partial charge in [0.25, 0.3) is 0 Å². The largest absolute Gasteiger partial charge is 0.357 e. The average molecular weight is 326 g/mol. The molecule has 2 rings (SSSR count). The monoisotopic (exact) mass is 326 g/mol. The molecule has 0 fully saturated rings. The second-order valence-corrected chi connectivity index (χ2v) is 5.48. The number of unbranched alkanes of at least 4 members (excludes halogenated alkanes) is 1. The van der Waals surface area contributed by atoms with Crippen molar-refractivity contribution in [2.24, 2.45) is 4.99 Å². The number of aliphatic imine (C=N–C) groups is 1. The van der Waals surface area contributed by atoms with E-state index in [1.165, 1.54) is 0 Å². The van der Waals surface area contributed by atoms with Crippen molar-refractivity contribution < 1.29 is 0 Å². The third-order valence-electron chi connectivity index (χ3n) is 3.62. The van der Waals surface area contributed by atoms with Crippen LogP contribution >= 0.6 is 0 Å². The summed E-state index contributed by atoms with van der Waals surface area (Å²) in [6.45, 7) is 8.07. The summed E-state index contributed by atoms with van der Waals surface area (Å²) in [6, 6.07) is 10.1. The molecule has 0 aliphatic rings. The smallest absolute Gasteiger partial charge is 0.194 e. The molecule has 1 N–H and O–H groups in total. The molecule has 0 saturated carbocycles. The molecule has 1 aromatic heterocycles. The minimum Gasteiger partial charge on any atom is -0.357 e. The number of aromatic nitrogens is 3. The van der Waals surface area contributed by atoms with Crippen LogP contribution in [-0.4, -0.2) is 45.8 Å². The Balaban J connectivity index is 2.09. The summed E-state index contributed by atoms with van der Waals surface area (Å²) < 4.78 is 1.96. The van der Waals surface area contributed by atoms with Gasteiger partial charge in [0, 0.05) is 25.8 Å². The van der Waals surface area contributed by atoms with Crippen molar-refractivity contribution in [1.29, 1.82) is 0 Å². The Morgan fingerprint density at radius 1 is 1.38 bits per heavy atom. The fourth-order valence-corrected chi connectivity index (χ4v) is 2.36.